The predicted octanol–water partition coefficient (Wildman–Crippen LogP) is 4.91. The first kappa shape index (κ1) is 20.2. The molecular formula is C21H13F2N5O2S. The molecule has 0 saturated carbocycles. The van der Waals surface area contributed by atoms with E-state index in [0.29, 0.717) is 21.8 Å². The third kappa shape index (κ3) is 4.59. The number of aromatic nitrogens is 2. The van der Waals surface area contributed by atoms with E-state index in [4.69, 9.17) is 0 Å². The number of thiazole rings is 1. The van der Waals surface area contributed by atoms with E-state index < -0.39 is 16.6 Å². The van der Waals surface area contributed by atoms with Crippen molar-refractivity contribution in [2.75, 3.05) is 0 Å². The van der Waals surface area contributed by atoms with Crippen LogP contribution in [0.3, 0.4) is 0 Å². The van der Waals surface area contributed by atoms with Crippen molar-refractivity contribution in [1.82, 2.24) is 9.66 Å². The van der Waals surface area contributed by atoms with E-state index in [0.717, 1.165) is 12.1 Å². The second-order valence-corrected chi connectivity index (χ2v) is 7.06. The molecule has 10 heteroatoms. The highest BCUT2D eigenvalue weighted by Crippen LogP contribution is 2.24. The summed E-state index contributed by atoms with van der Waals surface area (Å²) in [6, 6.07) is 14.4. The van der Waals surface area contributed by atoms with Crippen molar-refractivity contribution in [1.29, 1.82) is 0 Å². The number of hydrogen-bond acceptors (Lipinski definition) is 6. The number of nitro groups is 1. The number of benzene rings is 2. The quantitative estimate of drug-likeness (QED) is 0.252. The summed E-state index contributed by atoms with van der Waals surface area (Å²) in [5, 5.41) is 17.1. The molecule has 4 aromatic rings. The first-order valence-corrected chi connectivity index (χ1v) is 9.80. The molecule has 154 valence electrons. The van der Waals surface area contributed by atoms with E-state index >= 15 is 0 Å². The lowest BCUT2D eigenvalue weighted by Crippen LogP contribution is -2.12. The Morgan fingerprint density at radius 1 is 1.10 bits per heavy atom. The smallest absolute Gasteiger partial charge is 0.258 e. The van der Waals surface area contributed by atoms with Gasteiger partial charge < -0.3 is 0 Å². The van der Waals surface area contributed by atoms with Crippen molar-refractivity contribution in [3.8, 4) is 11.3 Å². The van der Waals surface area contributed by atoms with Gasteiger partial charge in [0.1, 0.15) is 11.5 Å². The molecular weight excluding hydrogens is 424 g/mol. The molecule has 0 aliphatic rings. The molecule has 2 aromatic heterocycles. The lowest BCUT2D eigenvalue weighted by molar-refractivity contribution is -0.384. The van der Waals surface area contributed by atoms with Gasteiger partial charge in [0.25, 0.3) is 5.69 Å². The maximum absolute atomic E-state index is 14.1. The SMILES string of the molecule is O=[N+]([O-])c1ccc(-c2csc(=Nc3ccc(F)cc3F)n2N=Cc2ccccn2)cc1. The van der Waals surface area contributed by atoms with Crippen LogP contribution in [-0.2, 0) is 0 Å². The topological polar surface area (TPSA) is 85.7 Å². The molecule has 0 fully saturated rings. The Morgan fingerprint density at radius 3 is 2.58 bits per heavy atom. The minimum Gasteiger partial charge on any atom is -0.258 e. The summed E-state index contributed by atoms with van der Waals surface area (Å²) in [7, 11) is 0. The molecule has 2 heterocycles. The standard InChI is InChI=1S/C21H13F2N5O2S/c22-15-6-9-19(18(23)11-15)26-21-27(25-12-16-3-1-2-10-24-16)20(13-31-21)14-4-7-17(8-5-14)28(29)30/h1-13H. The van der Waals surface area contributed by atoms with E-state index in [1.807, 2.05) is 6.07 Å². The van der Waals surface area contributed by atoms with E-state index in [-0.39, 0.29) is 11.4 Å². The zero-order valence-electron chi connectivity index (χ0n) is 15.7. The lowest BCUT2D eigenvalue weighted by Gasteiger charge is -2.04. The summed E-state index contributed by atoms with van der Waals surface area (Å²) in [5.41, 5.74) is 1.75. The van der Waals surface area contributed by atoms with Crippen LogP contribution in [0.2, 0.25) is 0 Å². The minimum atomic E-state index is -0.800. The number of nitrogens with zero attached hydrogens (tertiary/aromatic N) is 5. The zero-order valence-corrected chi connectivity index (χ0v) is 16.5. The van der Waals surface area contributed by atoms with Crippen LogP contribution in [0.15, 0.2) is 82.3 Å². The largest absolute Gasteiger partial charge is 0.269 e. The molecule has 0 atom stereocenters. The number of pyridine rings is 1. The molecule has 0 unspecified atom stereocenters. The van der Waals surface area contributed by atoms with Gasteiger partial charge in [-0.1, -0.05) is 6.07 Å². The molecule has 2 aromatic carbocycles. The van der Waals surface area contributed by atoms with Gasteiger partial charge in [-0.15, -0.1) is 11.3 Å². The number of nitro benzene ring substituents is 1. The minimum absolute atomic E-state index is 0.0409. The Balaban J connectivity index is 1.84. The maximum atomic E-state index is 14.1. The molecule has 0 amide bonds. The van der Waals surface area contributed by atoms with Gasteiger partial charge in [0, 0.05) is 35.3 Å². The average molecular weight is 437 g/mol. The van der Waals surface area contributed by atoms with Crippen LogP contribution in [0.1, 0.15) is 5.69 Å². The second-order valence-electron chi connectivity index (χ2n) is 6.23. The highest BCUT2D eigenvalue weighted by atomic mass is 32.1. The van der Waals surface area contributed by atoms with Crippen molar-refractivity contribution in [3.05, 3.63) is 104 Å². The highest BCUT2D eigenvalue weighted by Gasteiger charge is 2.11. The maximum Gasteiger partial charge on any atom is 0.269 e. The summed E-state index contributed by atoms with van der Waals surface area (Å²) in [6.07, 6.45) is 3.14. The fourth-order valence-corrected chi connectivity index (χ4v) is 3.53. The van der Waals surface area contributed by atoms with E-state index in [2.05, 4.69) is 15.1 Å². The fourth-order valence-electron chi connectivity index (χ4n) is 2.69. The molecule has 0 aliphatic heterocycles. The van der Waals surface area contributed by atoms with Gasteiger partial charge in [-0.2, -0.15) is 5.10 Å². The average Bonchev–Trinajstić information content (AvgIpc) is 3.17. The lowest BCUT2D eigenvalue weighted by atomic mass is 10.1. The second kappa shape index (κ2) is 8.76. The number of halogens is 2. The molecule has 0 N–H and O–H groups in total. The number of hydrogen-bond donors (Lipinski definition) is 0. The zero-order chi connectivity index (χ0) is 21.8. The van der Waals surface area contributed by atoms with Crippen molar-refractivity contribution in [3.63, 3.8) is 0 Å². The van der Waals surface area contributed by atoms with Crippen molar-refractivity contribution >= 4 is 28.9 Å². The highest BCUT2D eigenvalue weighted by molar-refractivity contribution is 7.07. The monoisotopic (exact) mass is 437 g/mol. The van der Waals surface area contributed by atoms with Gasteiger partial charge in [0.2, 0.25) is 4.80 Å². The predicted molar refractivity (Wildman–Crippen MR) is 113 cm³/mol. The number of rotatable bonds is 5. The molecule has 0 saturated heterocycles. The summed E-state index contributed by atoms with van der Waals surface area (Å²) < 4.78 is 28.8. The van der Waals surface area contributed by atoms with Crippen molar-refractivity contribution in [2.45, 2.75) is 0 Å². The van der Waals surface area contributed by atoms with Crippen LogP contribution in [0.4, 0.5) is 20.2 Å². The van der Waals surface area contributed by atoms with E-state index in [1.165, 1.54) is 40.4 Å². The third-order valence-corrected chi connectivity index (χ3v) is 4.99. The van der Waals surface area contributed by atoms with Crippen molar-refractivity contribution < 1.29 is 13.7 Å². The van der Waals surface area contributed by atoms with Gasteiger partial charge >= 0.3 is 0 Å². The van der Waals surface area contributed by atoms with Gasteiger partial charge in [-0.05, 0) is 36.4 Å². The van der Waals surface area contributed by atoms with Gasteiger partial charge in [0.15, 0.2) is 5.82 Å². The Labute approximate surface area is 178 Å². The molecule has 31 heavy (non-hydrogen) atoms. The van der Waals surface area contributed by atoms with Crippen LogP contribution >= 0.6 is 11.3 Å². The van der Waals surface area contributed by atoms with Crippen molar-refractivity contribution in [2.24, 2.45) is 10.1 Å². The van der Waals surface area contributed by atoms with Crippen LogP contribution < -0.4 is 4.80 Å². The van der Waals surface area contributed by atoms with Gasteiger partial charge in [-0.25, -0.2) is 18.4 Å². The fraction of sp³-hybridized carbons (Fsp3) is 0. The Kier molecular flexibility index (Phi) is 5.72. The Morgan fingerprint density at radius 2 is 1.90 bits per heavy atom. The van der Waals surface area contributed by atoms with Crippen LogP contribution in [0.5, 0.6) is 0 Å². The van der Waals surface area contributed by atoms with Crippen LogP contribution in [0.25, 0.3) is 11.3 Å². The number of non-ortho nitro benzene ring substituents is 1. The van der Waals surface area contributed by atoms with E-state index in [1.54, 1.807) is 35.8 Å². The third-order valence-electron chi connectivity index (χ3n) is 4.18. The Bertz CT molecular complexity index is 1330. The summed E-state index contributed by atoms with van der Waals surface area (Å²) in [6.45, 7) is 0. The van der Waals surface area contributed by atoms with Crippen LogP contribution in [0, 0.1) is 21.7 Å². The normalized spacial score (nSPS) is 11.9. The summed E-state index contributed by atoms with van der Waals surface area (Å²) in [5.74, 6) is -1.50. The molecule has 0 spiro atoms. The van der Waals surface area contributed by atoms with Gasteiger partial charge in [0.05, 0.1) is 22.5 Å². The molecule has 4 rings (SSSR count). The summed E-state index contributed by atoms with van der Waals surface area (Å²) >= 11 is 1.19. The Hall–Kier alpha value is -4.05. The molecule has 0 radical (unpaired) electrons. The molecule has 7 nitrogen and oxygen atoms in total. The first-order chi connectivity index (χ1) is 15.0. The summed E-state index contributed by atoms with van der Waals surface area (Å²) in [4.78, 5) is 19.2. The van der Waals surface area contributed by atoms with Gasteiger partial charge in [-0.3, -0.25) is 15.1 Å². The molecule has 0 aliphatic carbocycles. The van der Waals surface area contributed by atoms with E-state index in [9.17, 15) is 18.9 Å². The first-order valence-electron chi connectivity index (χ1n) is 8.92. The van der Waals surface area contributed by atoms with Crippen LogP contribution in [-0.4, -0.2) is 20.8 Å². The molecule has 0 bridgehead atoms.